The number of fused-ring (bicyclic) bond motifs is 1. The average Bonchev–Trinajstić information content (AvgIpc) is 3.40. The molecule has 0 N–H and O–H groups in total. The average molecular weight is 350 g/mol. The maximum atomic E-state index is 12.7. The van der Waals surface area contributed by atoms with Gasteiger partial charge in [0.25, 0.3) is 5.91 Å². The number of pyridine rings is 1. The quantitative estimate of drug-likeness (QED) is 0.714. The van der Waals surface area contributed by atoms with Gasteiger partial charge >= 0.3 is 0 Å². The van der Waals surface area contributed by atoms with Crippen LogP contribution in [0.3, 0.4) is 0 Å². The van der Waals surface area contributed by atoms with Crippen molar-refractivity contribution in [3.05, 3.63) is 58.9 Å². The van der Waals surface area contributed by atoms with Gasteiger partial charge in [0.15, 0.2) is 0 Å². The van der Waals surface area contributed by atoms with Gasteiger partial charge in [0.1, 0.15) is 5.82 Å². The fourth-order valence-electron chi connectivity index (χ4n) is 4.16. The molecule has 0 aromatic carbocycles. The molecule has 0 saturated carbocycles. The molecule has 2 aliphatic rings. The van der Waals surface area contributed by atoms with E-state index in [1.165, 1.54) is 11.3 Å². The zero-order valence-corrected chi connectivity index (χ0v) is 14.6. The highest BCUT2D eigenvalue weighted by Gasteiger charge is 2.45. The second-order valence-electron chi connectivity index (χ2n) is 7.05. The maximum absolute atomic E-state index is 12.7. The number of thiophene rings is 1. The third-order valence-electron chi connectivity index (χ3n) is 5.43. The molecule has 3 aromatic rings. The smallest absolute Gasteiger partial charge is 0.253 e. The highest BCUT2D eigenvalue weighted by Crippen LogP contribution is 2.43. The molecule has 6 heteroatoms. The Hall–Kier alpha value is -2.47. The summed E-state index contributed by atoms with van der Waals surface area (Å²) in [5.41, 5.74) is 3.30. The first-order valence-electron chi connectivity index (χ1n) is 8.50. The predicted molar refractivity (Wildman–Crippen MR) is 96.4 cm³/mol. The van der Waals surface area contributed by atoms with E-state index in [0.29, 0.717) is 0 Å². The number of rotatable bonds is 2. The number of carbonyl (C=O) groups excluding carboxylic acids is 1. The van der Waals surface area contributed by atoms with Crippen LogP contribution in [0.1, 0.15) is 22.6 Å². The van der Waals surface area contributed by atoms with Crippen LogP contribution in [0.2, 0.25) is 0 Å². The van der Waals surface area contributed by atoms with Crippen molar-refractivity contribution in [2.45, 2.75) is 19.4 Å². The van der Waals surface area contributed by atoms with Crippen molar-refractivity contribution in [3.63, 3.8) is 0 Å². The number of likely N-dealkylation sites (tertiary alicyclic amines) is 1. The predicted octanol–water partition coefficient (Wildman–Crippen LogP) is 3.10. The van der Waals surface area contributed by atoms with Crippen molar-refractivity contribution in [2.24, 2.45) is 5.41 Å². The fourth-order valence-corrected chi connectivity index (χ4v) is 4.81. The second kappa shape index (κ2) is 5.52. The number of carbonyl (C=O) groups is 1. The molecule has 5 heterocycles. The van der Waals surface area contributed by atoms with Gasteiger partial charge in [-0.05, 0) is 30.0 Å². The third kappa shape index (κ3) is 2.40. The van der Waals surface area contributed by atoms with Crippen LogP contribution in [0.4, 0.5) is 0 Å². The van der Waals surface area contributed by atoms with Crippen LogP contribution in [-0.4, -0.2) is 38.4 Å². The summed E-state index contributed by atoms with van der Waals surface area (Å²) < 4.78 is 2.35. The SMILES string of the molecule is O=C(c1ccncc1)N1CCC2(Cc3ncc(-c4ccsc4)n3C2)C1. The van der Waals surface area contributed by atoms with Crippen LogP contribution in [0, 0.1) is 5.41 Å². The number of nitrogens with zero attached hydrogens (tertiary/aromatic N) is 4. The van der Waals surface area contributed by atoms with Gasteiger partial charge in [0.2, 0.25) is 0 Å². The van der Waals surface area contributed by atoms with Gasteiger partial charge in [-0.1, -0.05) is 0 Å². The van der Waals surface area contributed by atoms with Crippen molar-refractivity contribution < 1.29 is 4.79 Å². The van der Waals surface area contributed by atoms with Crippen LogP contribution >= 0.6 is 11.3 Å². The Morgan fingerprint density at radius 1 is 1.20 bits per heavy atom. The zero-order chi connectivity index (χ0) is 16.9. The van der Waals surface area contributed by atoms with E-state index in [1.54, 1.807) is 35.9 Å². The molecular formula is C19H18N4OS. The lowest BCUT2D eigenvalue weighted by Gasteiger charge is -2.23. The molecule has 0 bridgehead atoms. The fraction of sp³-hybridized carbons (Fsp3) is 0.316. The molecule has 25 heavy (non-hydrogen) atoms. The Bertz CT molecular complexity index is 918. The standard InChI is InChI=1S/C19H18N4OS/c24-18(14-1-5-20-6-2-14)22-7-4-19(12-22)9-17-21-10-16(23(17)13-19)15-3-8-25-11-15/h1-3,5-6,8,10-11H,4,7,9,12-13H2. The molecule has 1 unspecified atom stereocenters. The van der Waals surface area contributed by atoms with E-state index in [-0.39, 0.29) is 11.3 Å². The lowest BCUT2D eigenvalue weighted by molar-refractivity contribution is 0.0771. The molecule has 1 atom stereocenters. The highest BCUT2D eigenvalue weighted by atomic mass is 32.1. The van der Waals surface area contributed by atoms with Gasteiger partial charge in [-0.15, -0.1) is 0 Å². The minimum Gasteiger partial charge on any atom is -0.338 e. The Morgan fingerprint density at radius 3 is 2.88 bits per heavy atom. The molecule has 5 nitrogen and oxygen atoms in total. The monoisotopic (exact) mass is 350 g/mol. The number of imidazole rings is 1. The van der Waals surface area contributed by atoms with E-state index in [9.17, 15) is 4.79 Å². The summed E-state index contributed by atoms with van der Waals surface area (Å²) in [6.07, 6.45) is 7.33. The van der Waals surface area contributed by atoms with E-state index in [2.05, 4.69) is 31.4 Å². The van der Waals surface area contributed by atoms with Crippen LogP contribution in [0.15, 0.2) is 47.5 Å². The molecule has 1 amide bonds. The van der Waals surface area contributed by atoms with Gasteiger partial charge < -0.3 is 9.47 Å². The van der Waals surface area contributed by atoms with Crippen molar-refractivity contribution in [3.8, 4) is 11.3 Å². The minimum atomic E-state index is 0.113. The minimum absolute atomic E-state index is 0.113. The Kier molecular flexibility index (Phi) is 3.28. The van der Waals surface area contributed by atoms with Gasteiger partial charge in [0, 0.05) is 60.4 Å². The van der Waals surface area contributed by atoms with Crippen molar-refractivity contribution >= 4 is 17.2 Å². The van der Waals surface area contributed by atoms with Crippen LogP contribution < -0.4 is 0 Å². The summed E-state index contributed by atoms with van der Waals surface area (Å²) in [4.78, 5) is 23.4. The molecule has 1 saturated heterocycles. The molecule has 5 rings (SSSR count). The molecule has 0 radical (unpaired) electrons. The largest absolute Gasteiger partial charge is 0.338 e. The molecular weight excluding hydrogens is 332 g/mol. The van der Waals surface area contributed by atoms with Crippen LogP contribution in [-0.2, 0) is 13.0 Å². The summed E-state index contributed by atoms with van der Waals surface area (Å²) in [5, 5.41) is 4.27. The van der Waals surface area contributed by atoms with Crippen molar-refractivity contribution in [1.29, 1.82) is 0 Å². The van der Waals surface area contributed by atoms with E-state index < -0.39 is 0 Å². The number of hydrogen-bond acceptors (Lipinski definition) is 4. The third-order valence-corrected chi connectivity index (χ3v) is 6.12. The topological polar surface area (TPSA) is 51.0 Å². The highest BCUT2D eigenvalue weighted by molar-refractivity contribution is 7.08. The lowest BCUT2D eigenvalue weighted by Crippen LogP contribution is -2.33. The first kappa shape index (κ1) is 14.8. The van der Waals surface area contributed by atoms with Crippen molar-refractivity contribution in [2.75, 3.05) is 13.1 Å². The van der Waals surface area contributed by atoms with Gasteiger partial charge in [-0.25, -0.2) is 4.98 Å². The van der Waals surface area contributed by atoms with Gasteiger partial charge in [-0.3, -0.25) is 9.78 Å². The number of amides is 1. The molecule has 126 valence electrons. The summed E-state index contributed by atoms with van der Waals surface area (Å²) in [7, 11) is 0. The van der Waals surface area contributed by atoms with E-state index in [4.69, 9.17) is 0 Å². The number of aromatic nitrogens is 3. The Morgan fingerprint density at radius 2 is 2.08 bits per heavy atom. The summed E-state index contributed by atoms with van der Waals surface area (Å²) in [6, 6.07) is 5.73. The number of hydrogen-bond donors (Lipinski definition) is 0. The normalized spacial score (nSPS) is 21.8. The second-order valence-corrected chi connectivity index (χ2v) is 7.83. The summed E-state index contributed by atoms with van der Waals surface area (Å²) in [6.45, 7) is 2.58. The van der Waals surface area contributed by atoms with Crippen LogP contribution in [0.5, 0.6) is 0 Å². The Balaban J connectivity index is 1.37. The van der Waals surface area contributed by atoms with E-state index in [0.717, 1.165) is 43.9 Å². The molecule has 0 aliphatic carbocycles. The maximum Gasteiger partial charge on any atom is 0.253 e. The van der Waals surface area contributed by atoms with Crippen molar-refractivity contribution in [1.82, 2.24) is 19.4 Å². The van der Waals surface area contributed by atoms with Gasteiger partial charge in [0.05, 0.1) is 11.9 Å². The Labute approximate surface area is 150 Å². The lowest BCUT2D eigenvalue weighted by atomic mass is 9.86. The molecule has 1 fully saturated rings. The molecule has 3 aromatic heterocycles. The van der Waals surface area contributed by atoms with Crippen LogP contribution in [0.25, 0.3) is 11.3 Å². The first-order valence-corrected chi connectivity index (χ1v) is 9.45. The first-order chi connectivity index (χ1) is 12.2. The molecule has 2 aliphatic heterocycles. The molecule has 1 spiro atoms. The van der Waals surface area contributed by atoms with Gasteiger partial charge in [-0.2, -0.15) is 11.3 Å². The van der Waals surface area contributed by atoms with E-state index >= 15 is 0 Å². The summed E-state index contributed by atoms with van der Waals surface area (Å²) in [5.74, 6) is 1.27. The van der Waals surface area contributed by atoms with E-state index in [1.807, 2.05) is 11.1 Å². The summed E-state index contributed by atoms with van der Waals surface area (Å²) >= 11 is 1.71. The zero-order valence-electron chi connectivity index (χ0n) is 13.8.